The fraction of sp³-hybridized carbons (Fsp3) is 0.583. The van der Waals surface area contributed by atoms with Gasteiger partial charge in [-0.25, -0.2) is 9.37 Å². The van der Waals surface area contributed by atoms with Crippen molar-refractivity contribution in [3.63, 3.8) is 0 Å². The van der Waals surface area contributed by atoms with E-state index in [1.165, 1.54) is 25.3 Å². The second kappa shape index (κ2) is 4.60. The highest BCUT2D eigenvalue weighted by atomic mass is 19.1. The van der Waals surface area contributed by atoms with Crippen LogP contribution in [0.25, 0.3) is 0 Å². The number of nitrogens with zero attached hydrogens (tertiary/aromatic N) is 1. The van der Waals surface area contributed by atoms with Crippen molar-refractivity contribution in [1.82, 2.24) is 4.98 Å². The lowest BCUT2D eigenvalue weighted by Gasteiger charge is -2.11. The molecule has 0 saturated heterocycles. The van der Waals surface area contributed by atoms with Gasteiger partial charge in [-0.05, 0) is 36.8 Å². The monoisotopic (exact) mass is 208 g/mol. The molecule has 1 N–H and O–H groups in total. The number of halogens is 1. The zero-order chi connectivity index (χ0) is 10.7. The summed E-state index contributed by atoms with van der Waals surface area (Å²) in [7, 11) is 0. The normalized spacial score (nSPS) is 25.5. The Bertz CT molecular complexity index is 327. The number of hydrogen-bond acceptors (Lipinski definition) is 2. The Morgan fingerprint density at radius 1 is 1.53 bits per heavy atom. The summed E-state index contributed by atoms with van der Waals surface area (Å²) in [6.45, 7) is 3.12. The molecule has 0 radical (unpaired) electrons. The zero-order valence-electron chi connectivity index (χ0n) is 9.04. The molecule has 1 aliphatic rings. The highest BCUT2D eigenvalue weighted by molar-refractivity contribution is 5.35. The van der Waals surface area contributed by atoms with Crippen LogP contribution in [0.15, 0.2) is 18.3 Å². The molecule has 0 bridgehead atoms. The smallest absolute Gasteiger partial charge is 0.165 e. The number of anilines is 1. The summed E-state index contributed by atoms with van der Waals surface area (Å²) in [6.07, 6.45) is 5.42. The molecule has 2 atom stereocenters. The predicted octanol–water partition coefficient (Wildman–Crippen LogP) is 3.07. The molecular weight excluding hydrogens is 191 g/mol. The molecule has 1 aromatic heterocycles. The maximum absolute atomic E-state index is 13.2. The van der Waals surface area contributed by atoms with Crippen LogP contribution in [0, 0.1) is 17.7 Å². The summed E-state index contributed by atoms with van der Waals surface area (Å²) in [5.74, 6) is 1.63. The molecule has 82 valence electrons. The topological polar surface area (TPSA) is 24.9 Å². The van der Waals surface area contributed by atoms with Gasteiger partial charge in [0.1, 0.15) is 0 Å². The van der Waals surface area contributed by atoms with E-state index >= 15 is 0 Å². The van der Waals surface area contributed by atoms with Crippen molar-refractivity contribution in [2.75, 3.05) is 11.9 Å². The van der Waals surface area contributed by atoms with E-state index in [1.54, 1.807) is 12.3 Å². The Hall–Kier alpha value is -1.12. The van der Waals surface area contributed by atoms with E-state index in [4.69, 9.17) is 0 Å². The van der Waals surface area contributed by atoms with Gasteiger partial charge < -0.3 is 5.32 Å². The van der Waals surface area contributed by atoms with E-state index in [0.29, 0.717) is 11.7 Å². The van der Waals surface area contributed by atoms with Crippen molar-refractivity contribution in [2.45, 2.75) is 26.2 Å². The van der Waals surface area contributed by atoms with Crippen LogP contribution < -0.4 is 5.32 Å². The van der Waals surface area contributed by atoms with Gasteiger partial charge in [0.25, 0.3) is 0 Å². The van der Waals surface area contributed by atoms with Gasteiger partial charge in [0.2, 0.25) is 0 Å². The Kier molecular flexibility index (Phi) is 3.19. The van der Waals surface area contributed by atoms with Crippen molar-refractivity contribution in [2.24, 2.45) is 11.8 Å². The second-order valence-corrected chi connectivity index (χ2v) is 4.50. The third kappa shape index (κ3) is 2.67. The minimum absolute atomic E-state index is 0.261. The molecule has 2 rings (SSSR count). The third-order valence-corrected chi connectivity index (χ3v) is 3.12. The quantitative estimate of drug-likeness (QED) is 0.825. The number of pyridine rings is 1. The summed E-state index contributed by atoms with van der Waals surface area (Å²) in [5.41, 5.74) is 0. The Labute approximate surface area is 89.9 Å². The summed E-state index contributed by atoms with van der Waals surface area (Å²) >= 11 is 0. The summed E-state index contributed by atoms with van der Waals surface area (Å²) in [5, 5.41) is 3.09. The first kappa shape index (κ1) is 10.4. The van der Waals surface area contributed by atoms with Crippen LogP contribution in [-0.4, -0.2) is 11.5 Å². The molecule has 0 aromatic carbocycles. The fourth-order valence-electron chi connectivity index (χ4n) is 2.27. The molecule has 2 unspecified atom stereocenters. The van der Waals surface area contributed by atoms with Crippen LogP contribution >= 0.6 is 0 Å². The van der Waals surface area contributed by atoms with Crippen molar-refractivity contribution in [1.29, 1.82) is 0 Å². The molecule has 15 heavy (non-hydrogen) atoms. The van der Waals surface area contributed by atoms with Gasteiger partial charge in [-0.1, -0.05) is 13.3 Å². The Morgan fingerprint density at radius 2 is 2.40 bits per heavy atom. The maximum atomic E-state index is 13.2. The number of aromatic nitrogens is 1. The van der Waals surface area contributed by atoms with Gasteiger partial charge in [0.05, 0.1) is 0 Å². The van der Waals surface area contributed by atoms with Crippen LogP contribution in [0.2, 0.25) is 0 Å². The van der Waals surface area contributed by atoms with Crippen molar-refractivity contribution >= 4 is 5.82 Å². The van der Waals surface area contributed by atoms with E-state index in [9.17, 15) is 4.39 Å². The molecule has 1 saturated carbocycles. The molecule has 2 nitrogen and oxygen atoms in total. The van der Waals surface area contributed by atoms with Gasteiger partial charge in [0, 0.05) is 12.7 Å². The van der Waals surface area contributed by atoms with Crippen molar-refractivity contribution in [3.05, 3.63) is 24.1 Å². The Morgan fingerprint density at radius 3 is 3.07 bits per heavy atom. The lowest BCUT2D eigenvalue weighted by Crippen LogP contribution is -2.13. The summed E-state index contributed by atoms with van der Waals surface area (Å²) < 4.78 is 13.2. The molecule has 0 spiro atoms. The number of nitrogens with one attached hydrogen (secondary N) is 1. The SMILES string of the molecule is CC1CCC(CNc2ncccc2F)C1. The van der Waals surface area contributed by atoms with Crippen molar-refractivity contribution in [3.8, 4) is 0 Å². The highest BCUT2D eigenvalue weighted by Crippen LogP contribution is 2.30. The molecule has 0 aliphatic heterocycles. The largest absolute Gasteiger partial charge is 0.367 e. The van der Waals surface area contributed by atoms with Crippen LogP contribution in [0.5, 0.6) is 0 Å². The first-order valence-electron chi connectivity index (χ1n) is 5.60. The van der Waals surface area contributed by atoms with Gasteiger partial charge in [0.15, 0.2) is 11.6 Å². The van der Waals surface area contributed by atoms with Crippen LogP contribution in [0.1, 0.15) is 26.2 Å². The predicted molar refractivity (Wildman–Crippen MR) is 59.2 cm³/mol. The summed E-state index contributed by atoms with van der Waals surface area (Å²) in [4.78, 5) is 3.97. The zero-order valence-corrected chi connectivity index (χ0v) is 9.04. The standard InChI is InChI=1S/C12H17FN2/c1-9-4-5-10(7-9)8-15-12-11(13)3-2-6-14-12/h2-3,6,9-10H,4-5,7-8H2,1H3,(H,14,15). The Balaban J connectivity index is 1.86. The minimum atomic E-state index is -0.261. The number of rotatable bonds is 3. The average molecular weight is 208 g/mol. The first-order valence-corrected chi connectivity index (χ1v) is 5.60. The summed E-state index contributed by atoms with van der Waals surface area (Å²) in [6, 6.07) is 3.05. The first-order chi connectivity index (χ1) is 7.25. The van der Waals surface area contributed by atoms with Crippen molar-refractivity contribution < 1.29 is 4.39 Å². The lowest BCUT2D eigenvalue weighted by atomic mass is 10.1. The fourth-order valence-corrected chi connectivity index (χ4v) is 2.27. The van der Waals surface area contributed by atoms with Crippen LogP contribution in [0.3, 0.4) is 0 Å². The molecule has 3 heteroatoms. The van der Waals surface area contributed by atoms with E-state index in [0.717, 1.165) is 12.5 Å². The molecule has 1 aromatic rings. The minimum Gasteiger partial charge on any atom is -0.367 e. The van der Waals surface area contributed by atoms with Gasteiger partial charge in [-0.15, -0.1) is 0 Å². The van der Waals surface area contributed by atoms with E-state index in [-0.39, 0.29) is 5.82 Å². The van der Waals surface area contributed by atoms with E-state index in [1.807, 2.05) is 0 Å². The van der Waals surface area contributed by atoms with E-state index in [2.05, 4.69) is 17.2 Å². The second-order valence-electron chi connectivity index (χ2n) is 4.50. The van der Waals surface area contributed by atoms with Gasteiger partial charge >= 0.3 is 0 Å². The van der Waals surface area contributed by atoms with Gasteiger partial charge in [-0.3, -0.25) is 0 Å². The number of hydrogen-bond donors (Lipinski definition) is 1. The average Bonchev–Trinajstić information content (AvgIpc) is 2.63. The molecule has 0 amide bonds. The van der Waals surface area contributed by atoms with Crippen LogP contribution in [0.4, 0.5) is 10.2 Å². The highest BCUT2D eigenvalue weighted by Gasteiger charge is 2.21. The molecule has 1 heterocycles. The van der Waals surface area contributed by atoms with E-state index < -0.39 is 0 Å². The molecular formula is C12H17FN2. The maximum Gasteiger partial charge on any atom is 0.165 e. The van der Waals surface area contributed by atoms with Gasteiger partial charge in [-0.2, -0.15) is 0 Å². The van der Waals surface area contributed by atoms with Crippen LogP contribution in [-0.2, 0) is 0 Å². The lowest BCUT2D eigenvalue weighted by molar-refractivity contribution is 0.534. The molecule has 1 fully saturated rings. The molecule has 1 aliphatic carbocycles. The third-order valence-electron chi connectivity index (χ3n) is 3.12.